The van der Waals surface area contributed by atoms with Gasteiger partial charge in [-0.25, -0.2) is 9.59 Å². The Morgan fingerprint density at radius 3 is 2.18 bits per heavy atom. The molecule has 2 aliphatic carbocycles. The first kappa shape index (κ1) is 23.8. The number of carbonyl (C=O) groups is 3. The van der Waals surface area contributed by atoms with Crippen LogP contribution in [0, 0.1) is 5.92 Å². The van der Waals surface area contributed by atoms with E-state index in [1.807, 2.05) is 36.4 Å². The van der Waals surface area contributed by atoms with Crippen molar-refractivity contribution in [3.8, 4) is 11.1 Å². The van der Waals surface area contributed by atoms with E-state index in [1.54, 1.807) is 0 Å². The van der Waals surface area contributed by atoms with E-state index in [0.717, 1.165) is 47.9 Å². The number of carbonyl (C=O) groups excluding carboxylic acids is 2. The Bertz CT molecular complexity index is 986. The molecule has 2 aliphatic rings. The van der Waals surface area contributed by atoms with Crippen LogP contribution in [-0.4, -0.2) is 42.3 Å². The average Bonchev–Trinajstić information content (AvgIpc) is 3.18. The third-order valence-electron chi connectivity index (χ3n) is 6.88. The van der Waals surface area contributed by atoms with Gasteiger partial charge in [0.05, 0.1) is 0 Å². The van der Waals surface area contributed by atoms with Crippen molar-refractivity contribution in [3.05, 3.63) is 59.7 Å². The fourth-order valence-corrected chi connectivity index (χ4v) is 5.07. The van der Waals surface area contributed by atoms with Crippen molar-refractivity contribution in [1.82, 2.24) is 10.6 Å². The molecule has 0 bridgehead atoms. The van der Waals surface area contributed by atoms with Gasteiger partial charge in [-0.05, 0) is 47.9 Å². The first-order valence-corrected chi connectivity index (χ1v) is 12.2. The van der Waals surface area contributed by atoms with Crippen molar-refractivity contribution in [3.63, 3.8) is 0 Å². The van der Waals surface area contributed by atoms with Crippen LogP contribution in [0.3, 0.4) is 0 Å². The molecule has 0 aromatic heterocycles. The number of carboxylic acid groups (broad SMARTS) is 1. The lowest BCUT2D eigenvalue weighted by Gasteiger charge is -2.21. The van der Waals surface area contributed by atoms with Crippen molar-refractivity contribution in [2.24, 2.45) is 5.92 Å². The number of fused-ring (bicyclic) bond motifs is 3. The molecule has 1 fully saturated rings. The molecule has 0 saturated heterocycles. The summed E-state index contributed by atoms with van der Waals surface area (Å²) in [5.41, 5.74) is 4.46. The van der Waals surface area contributed by atoms with E-state index in [1.165, 1.54) is 6.42 Å². The highest BCUT2D eigenvalue weighted by molar-refractivity contribution is 5.81. The monoisotopic (exact) mass is 464 g/mol. The number of ether oxygens (including phenoxy) is 1. The van der Waals surface area contributed by atoms with Gasteiger partial charge >= 0.3 is 12.1 Å². The number of carboxylic acids is 1. The van der Waals surface area contributed by atoms with Crippen LogP contribution in [-0.2, 0) is 14.3 Å². The summed E-state index contributed by atoms with van der Waals surface area (Å²) in [5, 5.41) is 14.9. The Kier molecular flexibility index (Phi) is 7.83. The summed E-state index contributed by atoms with van der Waals surface area (Å²) in [7, 11) is 0. The lowest BCUT2D eigenvalue weighted by molar-refractivity contribution is -0.139. The van der Waals surface area contributed by atoms with E-state index < -0.39 is 18.1 Å². The summed E-state index contributed by atoms with van der Waals surface area (Å²) in [6.07, 6.45) is 5.13. The van der Waals surface area contributed by atoms with Crippen LogP contribution in [0.1, 0.15) is 62.0 Å². The number of amides is 2. The molecular weight excluding hydrogens is 432 g/mol. The van der Waals surface area contributed by atoms with Gasteiger partial charge in [0.1, 0.15) is 12.6 Å². The van der Waals surface area contributed by atoms with Crippen LogP contribution >= 0.6 is 0 Å². The zero-order chi connectivity index (χ0) is 23.9. The zero-order valence-corrected chi connectivity index (χ0v) is 19.3. The number of nitrogens with one attached hydrogen (secondary N) is 2. The van der Waals surface area contributed by atoms with Crippen LogP contribution in [0.4, 0.5) is 4.79 Å². The van der Waals surface area contributed by atoms with Gasteiger partial charge in [0.25, 0.3) is 0 Å². The topological polar surface area (TPSA) is 105 Å². The molecule has 0 spiro atoms. The molecule has 4 rings (SSSR count). The fraction of sp³-hybridized carbons (Fsp3) is 0.444. The molecule has 3 N–H and O–H groups in total. The Labute approximate surface area is 199 Å². The molecule has 34 heavy (non-hydrogen) atoms. The highest BCUT2D eigenvalue weighted by Gasteiger charge is 2.29. The van der Waals surface area contributed by atoms with E-state index >= 15 is 0 Å². The molecule has 1 saturated carbocycles. The number of alkyl carbamates (subject to hydrolysis) is 1. The summed E-state index contributed by atoms with van der Waals surface area (Å²) in [4.78, 5) is 36.3. The van der Waals surface area contributed by atoms with Gasteiger partial charge in [0.2, 0.25) is 5.91 Å². The minimum atomic E-state index is -1.12. The SMILES string of the molecule is O=C(NC(CCCNC(=O)C1CCCCC1)C(=O)O)OCC1c2ccccc2-c2ccccc21. The number of hydrogen-bond donors (Lipinski definition) is 3. The van der Waals surface area contributed by atoms with Crippen molar-refractivity contribution in [2.75, 3.05) is 13.2 Å². The maximum Gasteiger partial charge on any atom is 0.407 e. The molecule has 2 aromatic carbocycles. The van der Waals surface area contributed by atoms with E-state index in [-0.39, 0.29) is 30.8 Å². The molecule has 7 heteroatoms. The first-order valence-electron chi connectivity index (χ1n) is 12.2. The molecule has 1 atom stereocenters. The summed E-state index contributed by atoms with van der Waals surface area (Å²) >= 11 is 0. The van der Waals surface area contributed by atoms with Crippen LogP contribution in [0.5, 0.6) is 0 Å². The van der Waals surface area contributed by atoms with Crippen molar-refractivity contribution >= 4 is 18.0 Å². The predicted molar refractivity (Wildman–Crippen MR) is 128 cm³/mol. The quantitative estimate of drug-likeness (QED) is 0.476. The average molecular weight is 465 g/mol. The third-order valence-corrected chi connectivity index (χ3v) is 6.88. The lowest BCUT2D eigenvalue weighted by atomic mass is 9.88. The molecule has 0 radical (unpaired) electrons. The second-order valence-electron chi connectivity index (χ2n) is 9.13. The molecule has 180 valence electrons. The molecule has 2 amide bonds. The van der Waals surface area contributed by atoms with Crippen LogP contribution in [0.2, 0.25) is 0 Å². The summed E-state index contributed by atoms with van der Waals surface area (Å²) < 4.78 is 5.46. The Morgan fingerprint density at radius 2 is 1.56 bits per heavy atom. The molecule has 2 aromatic rings. The van der Waals surface area contributed by atoms with Gasteiger partial charge < -0.3 is 20.5 Å². The van der Waals surface area contributed by atoms with Crippen molar-refractivity contribution in [1.29, 1.82) is 0 Å². The zero-order valence-electron chi connectivity index (χ0n) is 19.3. The fourth-order valence-electron chi connectivity index (χ4n) is 5.07. The maximum absolute atomic E-state index is 12.4. The Morgan fingerprint density at radius 1 is 0.941 bits per heavy atom. The summed E-state index contributed by atoms with van der Waals surface area (Å²) in [6.45, 7) is 0.523. The van der Waals surface area contributed by atoms with Gasteiger partial charge in [-0.2, -0.15) is 0 Å². The van der Waals surface area contributed by atoms with Crippen LogP contribution in [0.25, 0.3) is 11.1 Å². The second kappa shape index (κ2) is 11.2. The number of benzene rings is 2. The van der Waals surface area contributed by atoms with Gasteiger partial charge in [0, 0.05) is 18.4 Å². The van der Waals surface area contributed by atoms with E-state index in [4.69, 9.17) is 4.74 Å². The molecule has 0 heterocycles. The second-order valence-corrected chi connectivity index (χ2v) is 9.13. The minimum absolute atomic E-state index is 0.0519. The molecule has 7 nitrogen and oxygen atoms in total. The van der Waals surface area contributed by atoms with E-state index in [9.17, 15) is 19.5 Å². The maximum atomic E-state index is 12.4. The number of aliphatic carboxylic acids is 1. The summed E-state index contributed by atoms with van der Waals surface area (Å²) in [6, 6.07) is 15.0. The number of hydrogen-bond acceptors (Lipinski definition) is 4. The van der Waals surface area contributed by atoms with Crippen LogP contribution in [0.15, 0.2) is 48.5 Å². The van der Waals surface area contributed by atoms with E-state index in [0.29, 0.717) is 13.0 Å². The Hall–Kier alpha value is -3.35. The summed E-state index contributed by atoms with van der Waals surface area (Å²) in [5.74, 6) is -1.08. The van der Waals surface area contributed by atoms with E-state index in [2.05, 4.69) is 22.8 Å². The highest BCUT2D eigenvalue weighted by atomic mass is 16.5. The standard InChI is InChI=1S/C27H32N2O5/c30-25(18-9-2-1-3-10-18)28-16-8-15-24(26(31)32)29-27(33)34-17-23-21-13-6-4-11-19(21)20-12-5-7-14-22(20)23/h4-7,11-14,18,23-24H,1-3,8-10,15-17H2,(H,28,30)(H,29,33)(H,31,32). The van der Waals surface area contributed by atoms with Crippen molar-refractivity contribution in [2.45, 2.75) is 56.9 Å². The van der Waals surface area contributed by atoms with Gasteiger partial charge in [-0.15, -0.1) is 0 Å². The van der Waals surface area contributed by atoms with Crippen LogP contribution < -0.4 is 10.6 Å². The van der Waals surface area contributed by atoms with Crippen molar-refractivity contribution < 1.29 is 24.2 Å². The highest BCUT2D eigenvalue weighted by Crippen LogP contribution is 2.44. The largest absolute Gasteiger partial charge is 0.480 e. The van der Waals surface area contributed by atoms with Gasteiger partial charge in [-0.3, -0.25) is 4.79 Å². The lowest BCUT2D eigenvalue weighted by Crippen LogP contribution is -2.42. The third kappa shape index (κ3) is 5.58. The molecule has 0 aliphatic heterocycles. The number of rotatable bonds is 9. The normalized spacial score (nSPS) is 16.2. The Balaban J connectivity index is 1.25. The smallest absolute Gasteiger partial charge is 0.407 e. The van der Waals surface area contributed by atoms with Gasteiger partial charge in [0.15, 0.2) is 0 Å². The van der Waals surface area contributed by atoms with Gasteiger partial charge in [-0.1, -0.05) is 67.8 Å². The molecule has 1 unspecified atom stereocenters. The molecular formula is C27H32N2O5. The predicted octanol–water partition coefficient (Wildman–Crippen LogP) is 4.46. The minimum Gasteiger partial charge on any atom is -0.480 e. The first-order chi connectivity index (χ1) is 16.5.